The van der Waals surface area contributed by atoms with E-state index >= 15 is 0 Å². The minimum atomic E-state index is -0.363. The van der Waals surface area contributed by atoms with Crippen molar-refractivity contribution in [3.8, 4) is 0 Å². The molecule has 2 fully saturated rings. The highest BCUT2D eigenvalue weighted by atomic mass is 16.7. The first-order valence-electron chi connectivity index (χ1n) is 10.2. The number of carbonyl (C=O) groups excluding carboxylic acids is 1. The topological polar surface area (TPSA) is 35.5 Å². The summed E-state index contributed by atoms with van der Waals surface area (Å²) in [6.45, 7) is 12.8. The van der Waals surface area contributed by atoms with Gasteiger partial charge < -0.3 is 9.47 Å². The molecule has 0 aromatic rings. The maximum absolute atomic E-state index is 12.0. The standard InChI is InChI=1S/C22H36O3/c1-15(2)20-7-6-16(3)10-22(20)24-13-18(14-25-22)8-17-9-19(23)12-21(4,5)11-17/h9,15-16,18,20H,6-8,10-14H2,1-5H3/t16-,18?,20+,22?/m1/s1. The molecule has 0 aromatic carbocycles. The second-order valence-corrected chi connectivity index (χ2v) is 10.0. The predicted molar refractivity (Wildman–Crippen MR) is 100 cm³/mol. The lowest BCUT2D eigenvalue weighted by molar-refractivity contribution is -0.329. The number of allylic oxidation sites excluding steroid dienone is 2. The zero-order valence-electron chi connectivity index (χ0n) is 16.8. The molecule has 1 saturated carbocycles. The number of rotatable bonds is 3. The first-order chi connectivity index (χ1) is 11.7. The summed E-state index contributed by atoms with van der Waals surface area (Å²) < 4.78 is 12.9. The van der Waals surface area contributed by atoms with Gasteiger partial charge in [-0.15, -0.1) is 0 Å². The van der Waals surface area contributed by atoms with Crippen molar-refractivity contribution in [2.45, 2.75) is 78.9 Å². The Hall–Kier alpha value is -0.670. The van der Waals surface area contributed by atoms with E-state index in [1.165, 1.54) is 18.4 Å². The SMILES string of the molecule is CC(C)[C@@H]1CC[C@@H](C)CC12OCC(CC1=CC(=O)CC(C)(C)C1)CO2. The Morgan fingerprint density at radius 2 is 1.84 bits per heavy atom. The Labute approximate surface area is 153 Å². The molecule has 3 heteroatoms. The average molecular weight is 349 g/mol. The summed E-state index contributed by atoms with van der Waals surface area (Å²) in [6, 6.07) is 0. The van der Waals surface area contributed by atoms with Crippen molar-refractivity contribution in [1.29, 1.82) is 0 Å². The molecular weight excluding hydrogens is 312 g/mol. The van der Waals surface area contributed by atoms with Gasteiger partial charge in [0.25, 0.3) is 0 Å². The van der Waals surface area contributed by atoms with Crippen LogP contribution < -0.4 is 0 Å². The Morgan fingerprint density at radius 3 is 2.44 bits per heavy atom. The maximum atomic E-state index is 12.0. The molecule has 2 aliphatic carbocycles. The van der Waals surface area contributed by atoms with Crippen LogP contribution in [0.25, 0.3) is 0 Å². The van der Waals surface area contributed by atoms with Crippen LogP contribution >= 0.6 is 0 Å². The van der Waals surface area contributed by atoms with Gasteiger partial charge in [-0.1, -0.05) is 46.6 Å². The van der Waals surface area contributed by atoms with Crippen LogP contribution in [0.4, 0.5) is 0 Å². The lowest BCUT2D eigenvalue weighted by Gasteiger charge is -2.50. The Balaban J connectivity index is 1.62. The Morgan fingerprint density at radius 1 is 1.16 bits per heavy atom. The van der Waals surface area contributed by atoms with Crippen LogP contribution in [0, 0.1) is 29.1 Å². The average Bonchev–Trinajstić information content (AvgIpc) is 2.47. The van der Waals surface area contributed by atoms with Crippen LogP contribution in [0.1, 0.15) is 73.1 Å². The molecule has 3 aliphatic rings. The fraction of sp³-hybridized carbons (Fsp3) is 0.864. The zero-order chi connectivity index (χ0) is 18.2. The molecule has 0 aromatic heterocycles. The maximum Gasteiger partial charge on any atom is 0.171 e. The Bertz CT molecular complexity index is 523. The summed E-state index contributed by atoms with van der Waals surface area (Å²) in [5, 5.41) is 0. The van der Waals surface area contributed by atoms with E-state index in [-0.39, 0.29) is 17.0 Å². The molecule has 1 spiro atoms. The largest absolute Gasteiger partial charge is 0.349 e. The monoisotopic (exact) mass is 348 g/mol. The van der Waals surface area contributed by atoms with Gasteiger partial charge in [-0.3, -0.25) is 4.79 Å². The molecule has 2 atom stereocenters. The molecule has 0 radical (unpaired) electrons. The van der Waals surface area contributed by atoms with Gasteiger partial charge in [0.1, 0.15) is 0 Å². The quantitative estimate of drug-likeness (QED) is 0.708. The molecule has 0 bridgehead atoms. The van der Waals surface area contributed by atoms with E-state index in [1.807, 2.05) is 6.08 Å². The third-order valence-corrected chi connectivity index (χ3v) is 6.37. The third-order valence-electron chi connectivity index (χ3n) is 6.37. The Kier molecular flexibility index (Phi) is 5.46. The molecule has 1 heterocycles. The number of hydrogen-bond donors (Lipinski definition) is 0. The summed E-state index contributed by atoms with van der Waals surface area (Å²) >= 11 is 0. The molecule has 1 saturated heterocycles. The second-order valence-electron chi connectivity index (χ2n) is 10.0. The van der Waals surface area contributed by atoms with Gasteiger partial charge in [0.2, 0.25) is 0 Å². The number of carbonyl (C=O) groups is 1. The minimum absolute atomic E-state index is 0.0975. The summed E-state index contributed by atoms with van der Waals surface area (Å²) in [5.74, 6) is 2.05. The van der Waals surface area contributed by atoms with E-state index in [4.69, 9.17) is 9.47 Å². The van der Waals surface area contributed by atoms with Crippen LogP contribution in [0.3, 0.4) is 0 Å². The normalized spacial score (nSPS) is 38.9. The summed E-state index contributed by atoms with van der Waals surface area (Å²) in [6.07, 6.45) is 8.03. The van der Waals surface area contributed by atoms with E-state index in [0.717, 1.165) is 32.5 Å². The molecular formula is C22H36O3. The van der Waals surface area contributed by atoms with E-state index in [0.29, 0.717) is 30.1 Å². The molecule has 142 valence electrons. The van der Waals surface area contributed by atoms with Crippen LogP contribution in [-0.4, -0.2) is 24.8 Å². The van der Waals surface area contributed by atoms with Gasteiger partial charge in [0.05, 0.1) is 13.2 Å². The molecule has 0 N–H and O–H groups in total. The first-order valence-corrected chi connectivity index (χ1v) is 10.2. The summed E-state index contributed by atoms with van der Waals surface area (Å²) in [4.78, 5) is 12.0. The summed E-state index contributed by atoms with van der Waals surface area (Å²) in [7, 11) is 0. The lowest BCUT2D eigenvalue weighted by Crippen LogP contribution is -2.54. The minimum Gasteiger partial charge on any atom is -0.349 e. The van der Waals surface area contributed by atoms with Gasteiger partial charge in [-0.2, -0.15) is 0 Å². The highest BCUT2D eigenvalue weighted by Crippen LogP contribution is 2.47. The molecule has 0 amide bonds. The van der Waals surface area contributed by atoms with Crippen molar-refractivity contribution in [1.82, 2.24) is 0 Å². The molecule has 1 aliphatic heterocycles. The second kappa shape index (κ2) is 7.15. The number of ether oxygens (including phenoxy) is 2. The van der Waals surface area contributed by atoms with E-state index in [9.17, 15) is 4.79 Å². The highest BCUT2D eigenvalue weighted by Gasteiger charge is 2.49. The summed E-state index contributed by atoms with van der Waals surface area (Å²) in [5.41, 5.74) is 1.38. The number of ketones is 1. The van der Waals surface area contributed by atoms with Crippen molar-refractivity contribution >= 4 is 5.78 Å². The van der Waals surface area contributed by atoms with Gasteiger partial charge in [0, 0.05) is 24.7 Å². The molecule has 3 rings (SSSR count). The van der Waals surface area contributed by atoms with E-state index < -0.39 is 0 Å². The third kappa shape index (κ3) is 4.36. The van der Waals surface area contributed by atoms with Gasteiger partial charge in [-0.25, -0.2) is 0 Å². The smallest absolute Gasteiger partial charge is 0.171 e. The molecule has 3 nitrogen and oxygen atoms in total. The first kappa shape index (κ1) is 19.1. The van der Waals surface area contributed by atoms with Crippen LogP contribution in [0.2, 0.25) is 0 Å². The van der Waals surface area contributed by atoms with E-state index in [2.05, 4.69) is 34.6 Å². The van der Waals surface area contributed by atoms with Crippen molar-refractivity contribution in [2.24, 2.45) is 29.1 Å². The van der Waals surface area contributed by atoms with Crippen LogP contribution in [0.5, 0.6) is 0 Å². The molecule has 0 unspecified atom stereocenters. The zero-order valence-corrected chi connectivity index (χ0v) is 16.8. The van der Waals surface area contributed by atoms with Gasteiger partial charge >= 0.3 is 0 Å². The fourth-order valence-corrected chi connectivity index (χ4v) is 5.30. The fourth-order valence-electron chi connectivity index (χ4n) is 5.30. The van der Waals surface area contributed by atoms with Crippen molar-refractivity contribution in [3.05, 3.63) is 11.6 Å². The lowest BCUT2D eigenvalue weighted by atomic mass is 9.72. The molecule has 25 heavy (non-hydrogen) atoms. The van der Waals surface area contributed by atoms with E-state index in [1.54, 1.807) is 0 Å². The van der Waals surface area contributed by atoms with Crippen molar-refractivity contribution in [2.75, 3.05) is 13.2 Å². The van der Waals surface area contributed by atoms with Crippen molar-refractivity contribution in [3.63, 3.8) is 0 Å². The number of hydrogen-bond acceptors (Lipinski definition) is 3. The van der Waals surface area contributed by atoms with Gasteiger partial charge in [-0.05, 0) is 42.6 Å². The van der Waals surface area contributed by atoms with Gasteiger partial charge in [0.15, 0.2) is 11.6 Å². The van der Waals surface area contributed by atoms with Crippen molar-refractivity contribution < 1.29 is 14.3 Å². The van der Waals surface area contributed by atoms with Crippen LogP contribution in [-0.2, 0) is 14.3 Å². The van der Waals surface area contributed by atoms with Crippen LogP contribution in [0.15, 0.2) is 11.6 Å². The predicted octanol–water partition coefficient (Wildman–Crippen LogP) is 5.14. The highest BCUT2D eigenvalue weighted by molar-refractivity contribution is 5.91.